The van der Waals surface area contributed by atoms with Gasteiger partial charge in [0.05, 0.1) is 4.92 Å². The van der Waals surface area contributed by atoms with Crippen molar-refractivity contribution < 1.29 is 14.1 Å². The molecule has 5 nitrogen and oxygen atoms in total. The van der Waals surface area contributed by atoms with Crippen LogP contribution < -0.4 is 5.32 Å². The molecule has 15 heavy (non-hydrogen) atoms. The molecule has 0 unspecified atom stereocenters. The first-order valence-corrected chi connectivity index (χ1v) is 4.28. The molecule has 0 aromatic heterocycles. The Kier molecular flexibility index (Phi) is 3.33. The highest BCUT2D eigenvalue weighted by Crippen LogP contribution is 2.20. The molecule has 0 spiro atoms. The molecule has 0 aliphatic heterocycles. The summed E-state index contributed by atoms with van der Waals surface area (Å²) >= 11 is 0. The first kappa shape index (κ1) is 11.1. The van der Waals surface area contributed by atoms with Crippen molar-refractivity contribution >= 4 is 17.3 Å². The Morgan fingerprint density at radius 3 is 2.73 bits per heavy atom. The van der Waals surface area contributed by atoms with E-state index >= 15 is 0 Å². The van der Waals surface area contributed by atoms with Crippen molar-refractivity contribution in [3.05, 3.63) is 34.1 Å². The molecule has 0 saturated carbocycles. The molecule has 0 bridgehead atoms. The van der Waals surface area contributed by atoms with Crippen molar-refractivity contribution in [1.82, 2.24) is 0 Å². The third kappa shape index (κ3) is 2.73. The minimum Gasteiger partial charge on any atom is -0.326 e. The van der Waals surface area contributed by atoms with Crippen molar-refractivity contribution in [2.24, 2.45) is 0 Å². The van der Waals surface area contributed by atoms with Crippen molar-refractivity contribution in [3.63, 3.8) is 0 Å². The van der Waals surface area contributed by atoms with Gasteiger partial charge in [0.2, 0.25) is 11.7 Å². The molecule has 0 aliphatic rings. The average molecular weight is 212 g/mol. The van der Waals surface area contributed by atoms with Gasteiger partial charge < -0.3 is 5.32 Å². The SMILES string of the molecule is CCC(=O)Nc1ccc([N+](=O)[O-])c(F)c1. The Balaban J connectivity index is 2.91. The summed E-state index contributed by atoms with van der Waals surface area (Å²) in [6.45, 7) is 1.65. The zero-order valence-electron chi connectivity index (χ0n) is 7.99. The van der Waals surface area contributed by atoms with Crippen LogP contribution in [0, 0.1) is 15.9 Å². The highest BCUT2D eigenvalue weighted by molar-refractivity contribution is 5.90. The normalized spacial score (nSPS) is 9.73. The van der Waals surface area contributed by atoms with E-state index in [0.29, 0.717) is 0 Å². The van der Waals surface area contributed by atoms with E-state index in [9.17, 15) is 19.3 Å². The summed E-state index contributed by atoms with van der Waals surface area (Å²) < 4.78 is 13.1. The third-order valence-corrected chi connectivity index (χ3v) is 1.75. The minimum absolute atomic E-state index is 0.213. The number of nitrogens with zero attached hydrogens (tertiary/aromatic N) is 1. The number of carbonyl (C=O) groups is 1. The molecule has 0 saturated heterocycles. The Morgan fingerprint density at radius 1 is 1.60 bits per heavy atom. The Labute approximate surface area is 85.1 Å². The van der Waals surface area contributed by atoms with Crippen LogP contribution in [0.4, 0.5) is 15.8 Å². The van der Waals surface area contributed by atoms with Crippen LogP contribution in [-0.2, 0) is 4.79 Å². The van der Waals surface area contributed by atoms with Crippen LogP contribution >= 0.6 is 0 Å². The second kappa shape index (κ2) is 4.50. The lowest BCUT2D eigenvalue weighted by atomic mass is 10.2. The van der Waals surface area contributed by atoms with Gasteiger partial charge in [-0.05, 0) is 6.07 Å². The summed E-state index contributed by atoms with van der Waals surface area (Å²) in [5.41, 5.74) is -0.394. The molecule has 80 valence electrons. The van der Waals surface area contributed by atoms with Gasteiger partial charge in [0.15, 0.2) is 0 Å². The molecular formula is C9H9FN2O3. The summed E-state index contributed by atoms with van der Waals surface area (Å²) in [5.74, 6) is -1.24. The fourth-order valence-corrected chi connectivity index (χ4v) is 0.982. The van der Waals surface area contributed by atoms with E-state index in [2.05, 4.69) is 5.32 Å². The van der Waals surface area contributed by atoms with Crippen molar-refractivity contribution in [2.45, 2.75) is 13.3 Å². The predicted octanol–water partition coefficient (Wildman–Crippen LogP) is 2.08. The maximum Gasteiger partial charge on any atom is 0.304 e. The van der Waals surface area contributed by atoms with Gasteiger partial charge in [-0.25, -0.2) is 0 Å². The lowest BCUT2D eigenvalue weighted by Gasteiger charge is -2.02. The molecule has 1 rings (SSSR count). The zero-order valence-corrected chi connectivity index (χ0v) is 7.99. The molecule has 1 aromatic rings. The van der Waals surface area contributed by atoms with E-state index in [1.807, 2.05) is 0 Å². The fraction of sp³-hybridized carbons (Fsp3) is 0.222. The molecule has 0 atom stereocenters. The van der Waals surface area contributed by atoms with Crippen molar-refractivity contribution in [2.75, 3.05) is 5.32 Å². The number of hydrogen-bond acceptors (Lipinski definition) is 3. The number of nitro groups is 1. The largest absolute Gasteiger partial charge is 0.326 e. The molecule has 0 fully saturated rings. The molecule has 0 radical (unpaired) electrons. The number of amides is 1. The Morgan fingerprint density at radius 2 is 2.27 bits per heavy atom. The topological polar surface area (TPSA) is 72.2 Å². The van der Waals surface area contributed by atoms with Crippen LogP contribution in [0.1, 0.15) is 13.3 Å². The Hall–Kier alpha value is -1.98. The van der Waals surface area contributed by atoms with Crippen LogP contribution in [0.15, 0.2) is 18.2 Å². The number of hydrogen-bond donors (Lipinski definition) is 1. The summed E-state index contributed by atoms with van der Waals surface area (Å²) in [7, 11) is 0. The van der Waals surface area contributed by atoms with E-state index in [0.717, 1.165) is 12.1 Å². The Bertz CT molecular complexity index is 406. The number of nitrogens with one attached hydrogen (secondary N) is 1. The third-order valence-electron chi connectivity index (χ3n) is 1.75. The molecular weight excluding hydrogens is 203 g/mol. The van der Waals surface area contributed by atoms with Gasteiger partial charge in [-0.2, -0.15) is 4.39 Å². The molecule has 0 heterocycles. The average Bonchev–Trinajstić information content (AvgIpc) is 2.17. The van der Waals surface area contributed by atoms with Gasteiger partial charge in [-0.15, -0.1) is 0 Å². The maximum atomic E-state index is 13.1. The number of rotatable bonds is 3. The predicted molar refractivity (Wildman–Crippen MR) is 52.0 cm³/mol. The van der Waals surface area contributed by atoms with Crippen molar-refractivity contribution in [1.29, 1.82) is 0 Å². The summed E-state index contributed by atoms with van der Waals surface area (Å²) in [4.78, 5) is 20.4. The molecule has 0 aliphatic carbocycles. The second-order valence-corrected chi connectivity index (χ2v) is 2.83. The fourth-order valence-electron chi connectivity index (χ4n) is 0.982. The van der Waals surface area contributed by atoms with Crippen LogP contribution in [0.5, 0.6) is 0 Å². The number of nitro benzene ring substituents is 1. The van der Waals surface area contributed by atoms with Gasteiger partial charge in [-0.3, -0.25) is 14.9 Å². The standard InChI is InChI=1S/C9H9FN2O3/c1-2-9(13)11-6-3-4-8(12(14)15)7(10)5-6/h3-5H,2H2,1H3,(H,11,13). The van der Waals surface area contributed by atoms with Crippen LogP contribution in [0.3, 0.4) is 0 Å². The minimum atomic E-state index is -0.964. The van der Waals surface area contributed by atoms with E-state index < -0.39 is 16.4 Å². The van der Waals surface area contributed by atoms with E-state index in [1.165, 1.54) is 6.07 Å². The van der Waals surface area contributed by atoms with Gasteiger partial charge >= 0.3 is 5.69 Å². The highest BCUT2D eigenvalue weighted by Gasteiger charge is 2.14. The summed E-state index contributed by atoms with van der Waals surface area (Å²) in [6.07, 6.45) is 0.263. The van der Waals surface area contributed by atoms with Crippen LogP contribution in [0.25, 0.3) is 0 Å². The van der Waals surface area contributed by atoms with Gasteiger partial charge in [0.25, 0.3) is 0 Å². The zero-order chi connectivity index (χ0) is 11.4. The smallest absolute Gasteiger partial charge is 0.304 e. The molecule has 1 amide bonds. The summed E-state index contributed by atoms with van der Waals surface area (Å²) in [6, 6.07) is 3.22. The molecule has 1 N–H and O–H groups in total. The van der Waals surface area contributed by atoms with Crippen LogP contribution in [0.2, 0.25) is 0 Å². The van der Waals surface area contributed by atoms with E-state index in [4.69, 9.17) is 0 Å². The number of halogens is 1. The first-order valence-electron chi connectivity index (χ1n) is 4.28. The lowest BCUT2D eigenvalue weighted by Crippen LogP contribution is -2.09. The number of benzene rings is 1. The molecule has 1 aromatic carbocycles. The lowest BCUT2D eigenvalue weighted by molar-refractivity contribution is -0.387. The van der Waals surface area contributed by atoms with Gasteiger partial charge in [0, 0.05) is 24.2 Å². The monoisotopic (exact) mass is 212 g/mol. The van der Waals surface area contributed by atoms with Gasteiger partial charge in [-0.1, -0.05) is 6.92 Å². The summed E-state index contributed by atoms with van der Waals surface area (Å²) in [5, 5.41) is 12.7. The van der Waals surface area contributed by atoms with E-state index in [-0.39, 0.29) is 18.0 Å². The van der Waals surface area contributed by atoms with Crippen molar-refractivity contribution in [3.8, 4) is 0 Å². The van der Waals surface area contributed by atoms with E-state index in [1.54, 1.807) is 6.92 Å². The quantitative estimate of drug-likeness (QED) is 0.615. The maximum absolute atomic E-state index is 13.1. The number of carbonyl (C=O) groups excluding carboxylic acids is 1. The first-order chi connectivity index (χ1) is 7.04. The highest BCUT2D eigenvalue weighted by atomic mass is 19.1. The number of anilines is 1. The second-order valence-electron chi connectivity index (χ2n) is 2.83. The van der Waals surface area contributed by atoms with Crippen LogP contribution in [-0.4, -0.2) is 10.8 Å². The van der Waals surface area contributed by atoms with Gasteiger partial charge in [0.1, 0.15) is 0 Å². The molecule has 6 heteroatoms.